The Hall–Kier alpha value is -0.610. The number of hydrogen-bond acceptors (Lipinski definition) is 2. The largest absolute Gasteiger partial charge is 0.313 e. The highest BCUT2D eigenvalue weighted by Gasteiger charge is 2.25. The summed E-state index contributed by atoms with van der Waals surface area (Å²) in [6.07, 6.45) is 0.872. The highest BCUT2D eigenvalue weighted by Crippen LogP contribution is 2.36. The summed E-state index contributed by atoms with van der Waals surface area (Å²) in [5.74, 6) is -0.228. The van der Waals surface area contributed by atoms with Crippen LogP contribution in [0.4, 0.5) is 8.78 Å². The highest BCUT2D eigenvalue weighted by molar-refractivity contribution is 7.99. The molecule has 16 heavy (non-hydrogen) atoms. The molecular formula is C12H15F2NS. The smallest absolute Gasteiger partial charge is 0.131 e. The highest BCUT2D eigenvalue weighted by atomic mass is 32.2. The van der Waals surface area contributed by atoms with E-state index >= 15 is 0 Å². The molecule has 1 nitrogen and oxygen atoms in total. The molecule has 2 unspecified atom stereocenters. The van der Waals surface area contributed by atoms with Crippen LogP contribution in [-0.2, 0) is 5.75 Å². The van der Waals surface area contributed by atoms with Crippen molar-refractivity contribution in [3.8, 4) is 0 Å². The summed E-state index contributed by atoms with van der Waals surface area (Å²) < 4.78 is 26.9. The van der Waals surface area contributed by atoms with Gasteiger partial charge in [-0.15, -0.1) is 0 Å². The van der Waals surface area contributed by atoms with Gasteiger partial charge in [0.15, 0.2) is 0 Å². The second kappa shape index (κ2) is 4.72. The zero-order valence-electron chi connectivity index (χ0n) is 9.39. The maximum Gasteiger partial charge on any atom is 0.131 e. The van der Waals surface area contributed by atoms with Crippen molar-refractivity contribution in [3.05, 3.63) is 34.9 Å². The monoisotopic (exact) mass is 243 g/mol. The van der Waals surface area contributed by atoms with Crippen LogP contribution in [0.15, 0.2) is 12.1 Å². The second-order valence-electron chi connectivity index (χ2n) is 4.16. The fraction of sp³-hybridized carbons (Fsp3) is 0.500. The SMILES string of the molecule is CNC1CC(C)SCc2cc(F)cc(F)c21. The lowest BCUT2D eigenvalue weighted by atomic mass is 9.97. The normalized spacial score (nSPS) is 25.0. The molecule has 88 valence electrons. The average Bonchev–Trinajstić information content (AvgIpc) is 2.38. The van der Waals surface area contributed by atoms with E-state index in [1.165, 1.54) is 6.07 Å². The number of hydrogen-bond donors (Lipinski definition) is 1. The van der Waals surface area contributed by atoms with Gasteiger partial charge in [0.1, 0.15) is 11.6 Å². The first-order chi connectivity index (χ1) is 7.61. The van der Waals surface area contributed by atoms with E-state index in [0.29, 0.717) is 16.6 Å². The maximum atomic E-state index is 13.8. The van der Waals surface area contributed by atoms with Crippen molar-refractivity contribution >= 4 is 11.8 Å². The molecular weight excluding hydrogens is 228 g/mol. The zero-order chi connectivity index (χ0) is 11.7. The quantitative estimate of drug-likeness (QED) is 0.812. The Kier molecular flexibility index (Phi) is 3.50. The first kappa shape index (κ1) is 11.9. The Morgan fingerprint density at radius 1 is 1.38 bits per heavy atom. The summed E-state index contributed by atoms with van der Waals surface area (Å²) in [5, 5.41) is 3.57. The van der Waals surface area contributed by atoms with Gasteiger partial charge in [0.05, 0.1) is 0 Å². The van der Waals surface area contributed by atoms with E-state index in [9.17, 15) is 8.78 Å². The Balaban J connectivity index is 2.48. The van der Waals surface area contributed by atoms with E-state index in [2.05, 4.69) is 12.2 Å². The van der Waals surface area contributed by atoms with Gasteiger partial charge in [0.25, 0.3) is 0 Å². The molecule has 4 heteroatoms. The van der Waals surface area contributed by atoms with Crippen molar-refractivity contribution in [3.63, 3.8) is 0 Å². The van der Waals surface area contributed by atoms with Crippen LogP contribution in [0.5, 0.6) is 0 Å². The Labute approximate surface area is 98.6 Å². The topological polar surface area (TPSA) is 12.0 Å². The van der Waals surface area contributed by atoms with E-state index in [1.807, 2.05) is 7.05 Å². The molecule has 1 heterocycles. The van der Waals surface area contributed by atoms with Crippen molar-refractivity contribution < 1.29 is 8.78 Å². The fourth-order valence-electron chi connectivity index (χ4n) is 2.16. The van der Waals surface area contributed by atoms with Gasteiger partial charge in [-0.05, 0) is 25.1 Å². The van der Waals surface area contributed by atoms with Gasteiger partial charge in [-0.1, -0.05) is 6.92 Å². The van der Waals surface area contributed by atoms with Crippen LogP contribution in [0.3, 0.4) is 0 Å². The van der Waals surface area contributed by atoms with Gasteiger partial charge in [-0.25, -0.2) is 8.78 Å². The first-order valence-corrected chi connectivity index (χ1v) is 6.43. The lowest BCUT2D eigenvalue weighted by Gasteiger charge is -2.18. The third kappa shape index (κ3) is 2.23. The predicted molar refractivity (Wildman–Crippen MR) is 63.5 cm³/mol. The summed E-state index contributed by atoms with van der Waals surface area (Å²) in [4.78, 5) is 0. The van der Waals surface area contributed by atoms with Gasteiger partial charge >= 0.3 is 0 Å². The van der Waals surface area contributed by atoms with Crippen LogP contribution in [0, 0.1) is 11.6 Å². The van der Waals surface area contributed by atoms with Crippen LogP contribution < -0.4 is 5.32 Å². The molecule has 2 atom stereocenters. The molecule has 0 amide bonds. The Morgan fingerprint density at radius 2 is 2.12 bits per heavy atom. The minimum absolute atomic E-state index is 0.0133. The molecule has 0 fully saturated rings. The number of rotatable bonds is 1. The minimum atomic E-state index is -0.485. The van der Waals surface area contributed by atoms with Gasteiger partial charge in [0, 0.05) is 28.7 Å². The van der Waals surface area contributed by atoms with Crippen molar-refractivity contribution in [2.75, 3.05) is 7.05 Å². The van der Waals surface area contributed by atoms with Crippen LogP contribution in [-0.4, -0.2) is 12.3 Å². The standard InChI is InChI=1S/C12H15F2NS/c1-7-3-11(15-2)12-8(6-16-7)4-9(13)5-10(12)14/h4-5,7,11,15H,3,6H2,1-2H3. The third-order valence-electron chi connectivity index (χ3n) is 2.97. The van der Waals surface area contributed by atoms with Crippen molar-refractivity contribution in [2.45, 2.75) is 30.4 Å². The van der Waals surface area contributed by atoms with Crippen LogP contribution in [0.25, 0.3) is 0 Å². The van der Waals surface area contributed by atoms with Crippen molar-refractivity contribution in [1.82, 2.24) is 5.32 Å². The van der Waals surface area contributed by atoms with Gasteiger partial charge in [-0.3, -0.25) is 0 Å². The number of halogens is 2. The molecule has 0 bridgehead atoms. The van der Waals surface area contributed by atoms with Gasteiger partial charge in [0.2, 0.25) is 0 Å². The number of nitrogens with one attached hydrogen (secondary N) is 1. The molecule has 2 rings (SSSR count). The molecule has 0 radical (unpaired) electrons. The Morgan fingerprint density at radius 3 is 2.81 bits per heavy atom. The molecule has 0 saturated carbocycles. The summed E-state index contributed by atoms with van der Waals surface area (Å²) in [7, 11) is 1.82. The molecule has 1 aromatic rings. The first-order valence-electron chi connectivity index (χ1n) is 5.38. The molecule has 0 aromatic heterocycles. The molecule has 1 aromatic carbocycles. The average molecular weight is 243 g/mol. The van der Waals surface area contributed by atoms with Gasteiger partial charge in [-0.2, -0.15) is 11.8 Å². The summed E-state index contributed by atoms with van der Waals surface area (Å²) >= 11 is 1.74. The third-order valence-corrected chi connectivity index (χ3v) is 4.21. The van der Waals surface area contributed by atoms with Crippen LogP contribution in [0.1, 0.15) is 30.5 Å². The van der Waals surface area contributed by atoms with E-state index in [0.717, 1.165) is 18.1 Å². The second-order valence-corrected chi connectivity index (χ2v) is 5.59. The molecule has 1 aliphatic rings. The lowest BCUT2D eigenvalue weighted by molar-refractivity contribution is 0.500. The lowest BCUT2D eigenvalue weighted by Crippen LogP contribution is -2.20. The minimum Gasteiger partial charge on any atom is -0.313 e. The summed E-state index contributed by atoms with van der Waals surface area (Å²) in [5.41, 5.74) is 1.42. The summed E-state index contributed by atoms with van der Waals surface area (Å²) in [6, 6.07) is 2.41. The van der Waals surface area contributed by atoms with E-state index in [-0.39, 0.29) is 6.04 Å². The van der Waals surface area contributed by atoms with Crippen molar-refractivity contribution in [1.29, 1.82) is 0 Å². The maximum absolute atomic E-state index is 13.8. The van der Waals surface area contributed by atoms with E-state index < -0.39 is 11.6 Å². The van der Waals surface area contributed by atoms with Crippen molar-refractivity contribution in [2.24, 2.45) is 0 Å². The van der Waals surface area contributed by atoms with Crippen LogP contribution >= 0.6 is 11.8 Å². The van der Waals surface area contributed by atoms with Gasteiger partial charge < -0.3 is 5.32 Å². The molecule has 1 aliphatic heterocycles. The fourth-order valence-corrected chi connectivity index (χ4v) is 3.19. The number of benzene rings is 1. The van der Waals surface area contributed by atoms with Crippen LogP contribution in [0.2, 0.25) is 0 Å². The van der Waals surface area contributed by atoms with E-state index in [4.69, 9.17) is 0 Å². The zero-order valence-corrected chi connectivity index (χ0v) is 10.2. The number of fused-ring (bicyclic) bond motifs is 1. The molecule has 0 saturated heterocycles. The number of thioether (sulfide) groups is 1. The van der Waals surface area contributed by atoms with E-state index in [1.54, 1.807) is 11.8 Å². The molecule has 0 aliphatic carbocycles. The summed E-state index contributed by atoms with van der Waals surface area (Å²) in [6.45, 7) is 2.12. The molecule has 0 spiro atoms. The molecule has 1 N–H and O–H groups in total. The Bertz CT molecular complexity index is 395. The predicted octanol–water partition coefficient (Wildman–Crippen LogP) is 3.25.